The maximum Gasteiger partial charge on any atom is -0.00716 e. The Morgan fingerprint density at radius 1 is 1.17 bits per heavy atom. The van der Waals surface area contributed by atoms with E-state index in [1.807, 2.05) is 7.05 Å². The molecule has 1 N–H and O–H groups in total. The topological polar surface area (TPSA) is 12.0 Å². The summed E-state index contributed by atoms with van der Waals surface area (Å²) in [7, 11) is 1.58. The SMILES string of the molecule is CNS(C)(C)C. The van der Waals surface area contributed by atoms with Gasteiger partial charge >= 0.3 is 0 Å². The lowest BCUT2D eigenvalue weighted by Crippen LogP contribution is -2.10. The number of rotatable bonds is 1. The van der Waals surface area contributed by atoms with Crippen LogP contribution in [0, 0.1) is 0 Å². The highest BCUT2D eigenvalue weighted by Gasteiger charge is 1.93. The van der Waals surface area contributed by atoms with Gasteiger partial charge in [-0.3, -0.25) is 4.72 Å². The summed E-state index contributed by atoms with van der Waals surface area (Å²) in [6.07, 6.45) is 6.65. The van der Waals surface area contributed by atoms with E-state index in [2.05, 4.69) is 23.5 Å². The molecule has 0 aliphatic carbocycles. The number of hydrogen-bond donors (Lipinski definition) is 1. The van der Waals surface area contributed by atoms with Gasteiger partial charge in [-0.1, -0.05) is 0 Å². The van der Waals surface area contributed by atoms with E-state index < -0.39 is 10.2 Å². The van der Waals surface area contributed by atoms with Crippen molar-refractivity contribution >= 4 is 10.2 Å². The minimum atomic E-state index is -0.412. The molecule has 0 spiro atoms. The maximum absolute atomic E-state index is 3.19. The molecule has 0 heterocycles. The van der Waals surface area contributed by atoms with Gasteiger partial charge in [0.25, 0.3) is 0 Å². The van der Waals surface area contributed by atoms with Gasteiger partial charge in [-0.2, -0.15) is 10.2 Å². The lowest BCUT2D eigenvalue weighted by molar-refractivity contribution is 1.27. The predicted molar refractivity (Wildman–Crippen MR) is 34.4 cm³/mol. The van der Waals surface area contributed by atoms with Crippen LogP contribution in [0.4, 0.5) is 0 Å². The van der Waals surface area contributed by atoms with Crippen LogP contribution in [0.15, 0.2) is 0 Å². The van der Waals surface area contributed by atoms with Crippen molar-refractivity contribution in [2.45, 2.75) is 0 Å². The molecule has 0 aliphatic rings. The van der Waals surface area contributed by atoms with Crippen molar-refractivity contribution in [3.63, 3.8) is 0 Å². The van der Waals surface area contributed by atoms with Crippen LogP contribution in [0.5, 0.6) is 0 Å². The Morgan fingerprint density at radius 2 is 1.33 bits per heavy atom. The summed E-state index contributed by atoms with van der Waals surface area (Å²) in [6.45, 7) is 0. The van der Waals surface area contributed by atoms with Crippen LogP contribution >= 0.6 is 10.2 Å². The largest absolute Gasteiger partial charge is 0.285 e. The monoisotopic (exact) mass is 107 g/mol. The summed E-state index contributed by atoms with van der Waals surface area (Å²) in [4.78, 5) is 0. The van der Waals surface area contributed by atoms with E-state index in [1.165, 1.54) is 0 Å². The standard InChI is InChI=1S/C4H13NS/c1-5-6(2,3)4/h5H,1-4H3. The van der Waals surface area contributed by atoms with Gasteiger partial charge in [0.2, 0.25) is 0 Å². The Kier molecular flexibility index (Phi) is 1.94. The normalized spacial score (nSPS) is 14.7. The van der Waals surface area contributed by atoms with Crippen molar-refractivity contribution in [2.24, 2.45) is 0 Å². The van der Waals surface area contributed by atoms with Crippen LogP contribution < -0.4 is 4.72 Å². The molecule has 0 amide bonds. The zero-order chi connectivity index (χ0) is 5.21. The second-order valence-corrected chi connectivity index (χ2v) is 6.12. The lowest BCUT2D eigenvalue weighted by Gasteiger charge is -2.23. The first-order chi connectivity index (χ1) is 2.56. The smallest absolute Gasteiger partial charge is 0.00716 e. The zero-order valence-corrected chi connectivity index (χ0v) is 5.72. The fourth-order valence-corrected chi connectivity index (χ4v) is 0. The summed E-state index contributed by atoms with van der Waals surface area (Å²) < 4.78 is 3.19. The summed E-state index contributed by atoms with van der Waals surface area (Å²) in [6, 6.07) is 0. The molecule has 2 heteroatoms. The first-order valence-corrected chi connectivity index (χ1v) is 4.79. The Balaban J connectivity index is 3.17. The van der Waals surface area contributed by atoms with Crippen LogP contribution in [0.1, 0.15) is 0 Å². The third kappa shape index (κ3) is 4.31. The van der Waals surface area contributed by atoms with Crippen molar-refractivity contribution in [1.29, 1.82) is 0 Å². The van der Waals surface area contributed by atoms with Gasteiger partial charge in [0, 0.05) is 0 Å². The third-order valence-corrected chi connectivity index (χ3v) is 1.84. The molecule has 6 heavy (non-hydrogen) atoms. The van der Waals surface area contributed by atoms with Crippen LogP contribution in [0.25, 0.3) is 0 Å². The van der Waals surface area contributed by atoms with E-state index in [4.69, 9.17) is 0 Å². The minimum absolute atomic E-state index is 0.412. The van der Waals surface area contributed by atoms with Crippen molar-refractivity contribution in [3.8, 4) is 0 Å². The first-order valence-electron chi connectivity index (χ1n) is 1.93. The van der Waals surface area contributed by atoms with Crippen molar-refractivity contribution in [1.82, 2.24) is 4.72 Å². The Hall–Kier alpha value is 0.310. The highest BCUT2D eigenvalue weighted by molar-refractivity contribution is 8.30. The van der Waals surface area contributed by atoms with Crippen molar-refractivity contribution < 1.29 is 0 Å². The van der Waals surface area contributed by atoms with Gasteiger partial charge in [0.05, 0.1) is 0 Å². The Morgan fingerprint density at radius 3 is 1.33 bits per heavy atom. The molecule has 0 radical (unpaired) electrons. The molecule has 0 fully saturated rings. The number of nitrogens with one attached hydrogen (secondary N) is 1. The molecule has 40 valence electrons. The Bertz CT molecular complexity index is 37.3. The first kappa shape index (κ1) is 6.31. The summed E-state index contributed by atoms with van der Waals surface area (Å²) in [5.74, 6) is 0. The molecular formula is C4H13NS. The second-order valence-electron chi connectivity index (χ2n) is 2.04. The van der Waals surface area contributed by atoms with E-state index in [9.17, 15) is 0 Å². The fourth-order valence-electron chi connectivity index (χ4n) is 0. The molecule has 0 atom stereocenters. The average molecular weight is 107 g/mol. The van der Waals surface area contributed by atoms with Crippen LogP contribution in [-0.4, -0.2) is 25.8 Å². The van der Waals surface area contributed by atoms with Crippen LogP contribution in [-0.2, 0) is 0 Å². The molecule has 0 aromatic carbocycles. The molecule has 0 saturated heterocycles. The minimum Gasteiger partial charge on any atom is -0.285 e. The predicted octanol–water partition coefficient (Wildman–Crippen LogP) is 0.815. The van der Waals surface area contributed by atoms with Crippen molar-refractivity contribution in [3.05, 3.63) is 0 Å². The molecular weight excluding hydrogens is 94.1 g/mol. The van der Waals surface area contributed by atoms with Gasteiger partial charge in [0.1, 0.15) is 0 Å². The van der Waals surface area contributed by atoms with Crippen LogP contribution in [0.2, 0.25) is 0 Å². The molecule has 0 bridgehead atoms. The average Bonchev–Trinajstić information content (AvgIpc) is 1.35. The van der Waals surface area contributed by atoms with Gasteiger partial charge in [-0.05, 0) is 25.8 Å². The van der Waals surface area contributed by atoms with E-state index in [1.54, 1.807) is 0 Å². The van der Waals surface area contributed by atoms with E-state index >= 15 is 0 Å². The molecule has 0 saturated carbocycles. The molecule has 0 aromatic rings. The van der Waals surface area contributed by atoms with Gasteiger partial charge in [-0.25, -0.2) is 0 Å². The summed E-state index contributed by atoms with van der Waals surface area (Å²) >= 11 is 0. The quantitative estimate of drug-likeness (QED) is 0.523. The summed E-state index contributed by atoms with van der Waals surface area (Å²) in [5, 5.41) is 0. The molecule has 1 nitrogen and oxygen atoms in total. The van der Waals surface area contributed by atoms with E-state index in [0.717, 1.165) is 0 Å². The third-order valence-electron chi connectivity index (χ3n) is 0.612. The van der Waals surface area contributed by atoms with Gasteiger partial charge in [0.15, 0.2) is 0 Å². The molecule has 0 aliphatic heterocycles. The second kappa shape index (κ2) is 1.85. The van der Waals surface area contributed by atoms with Gasteiger partial charge in [-0.15, -0.1) is 0 Å². The Labute approximate surface area is 41.6 Å². The highest BCUT2D eigenvalue weighted by atomic mass is 32.3. The molecule has 0 unspecified atom stereocenters. The molecule has 0 aromatic heterocycles. The maximum atomic E-state index is 3.19. The molecule has 0 rings (SSSR count). The highest BCUT2D eigenvalue weighted by Crippen LogP contribution is 2.26. The summed E-state index contributed by atoms with van der Waals surface area (Å²) in [5.41, 5.74) is 0. The van der Waals surface area contributed by atoms with Crippen LogP contribution in [0.3, 0.4) is 0 Å². The lowest BCUT2D eigenvalue weighted by atomic mass is 11.6. The van der Waals surface area contributed by atoms with Crippen molar-refractivity contribution in [2.75, 3.05) is 25.8 Å². The van der Waals surface area contributed by atoms with Gasteiger partial charge < -0.3 is 0 Å². The fraction of sp³-hybridized carbons (Fsp3) is 1.00. The van der Waals surface area contributed by atoms with E-state index in [-0.39, 0.29) is 0 Å². The van der Waals surface area contributed by atoms with E-state index in [0.29, 0.717) is 0 Å². The number of hydrogen-bond acceptors (Lipinski definition) is 1. The zero-order valence-electron chi connectivity index (χ0n) is 4.91.